The van der Waals surface area contributed by atoms with Crippen molar-refractivity contribution < 1.29 is 14.3 Å². The molecule has 0 unspecified atom stereocenters. The highest BCUT2D eigenvalue weighted by molar-refractivity contribution is 7.95. The van der Waals surface area contributed by atoms with Crippen molar-refractivity contribution in [3.05, 3.63) is 121 Å². The number of unbranched alkanes of at least 4 members (excludes halogenated alkanes) is 3. The Balaban J connectivity index is 1.27. The van der Waals surface area contributed by atoms with Crippen LogP contribution in [-0.4, -0.2) is 36.9 Å². The number of aromatic nitrogens is 1. The molecule has 5 heteroatoms. The molecule has 0 saturated carbocycles. The fourth-order valence-electron chi connectivity index (χ4n) is 4.65. The molecule has 4 rings (SSSR count). The number of rotatable bonds is 14. The molecule has 0 spiro atoms. The van der Waals surface area contributed by atoms with Crippen LogP contribution in [0, 0.1) is 0 Å². The Morgan fingerprint density at radius 1 is 0.622 bits per heavy atom. The molecular weight excluding hydrogens is 477 g/mol. The van der Waals surface area contributed by atoms with Crippen LogP contribution in [0.4, 0.5) is 0 Å². The van der Waals surface area contributed by atoms with Crippen molar-refractivity contribution in [1.82, 2.24) is 4.98 Å². The van der Waals surface area contributed by atoms with Crippen molar-refractivity contribution in [3.63, 3.8) is 0 Å². The van der Waals surface area contributed by atoms with Crippen LogP contribution < -0.4 is 15.9 Å². The molecule has 4 aromatic rings. The van der Waals surface area contributed by atoms with Gasteiger partial charge < -0.3 is 9.47 Å². The number of ether oxygens (including phenoxy) is 2. The predicted octanol–water partition coefficient (Wildman–Crippen LogP) is 5.81. The van der Waals surface area contributed by atoms with Crippen molar-refractivity contribution in [2.24, 2.45) is 0 Å². The summed E-state index contributed by atoms with van der Waals surface area (Å²) in [5.74, 6) is -0.362. The third-order valence-electron chi connectivity index (χ3n) is 6.48. The summed E-state index contributed by atoms with van der Waals surface area (Å²) < 4.78 is 10.9. The maximum Gasteiger partial charge on any atom is 0.339 e. The second kappa shape index (κ2) is 14.4. The van der Waals surface area contributed by atoms with Crippen LogP contribution in [0.2, 0.25) is 0 Å². The first-order chi connectivity index (χ1) is 18.3. The van der Waals surface area contributed by atoms with Gasteiger partial charge in [0.25, 0.3) is 0 Å². The van der Waals surface area contributed by atoms with Gasteiger partial charge in [-0.25, -0.2) is 4.79 Å². The van der Waals surface area contributed by atoms with E-state index in [1.54, 1.807) is 18.3 Å². The highest BCUT2D eigenvalue weighted by Gasteiger charge is 2.44. The van der Waals surface area contributed by atoms with Gasteiger partial charge in [-0.3, -0.25) is 4.98 Å². The fourth-order valence-corrected chi connectivity index (χ4v) is 9.06. The van der Waals surface area contributed by atoms with E-state index in [1.165, 1.54) is 22.1 Å². The van der Waals surface area contributed by atoms with Gasteiger partial charge in [0.05, 0.1) is 18.3 Å². The monoisotopic (exact) mass is 512 g/mol. The summed E-state index contributed by atoms with van der Waals surface area (Å²) in [6, 6.07) is 36.6. The average Bonchev–Trinajstić information content (AvgIpc) is 2.98. The minimum atomic E-state index is -1.74. The van der Waals surface area contributed by atoms with E-state index in [1.807, 2.05) is 0 Å². The largest absolute Gasteiger partial charge is 0.460 e. The maximum absolute atomic E-state index is 11.9. The van der Waals surface area contributed by atoms with Crippen LogP contribution >= 0.6 is 7.26 Å². The van der Waals surface area contributed by atoms with Crippen LogP contribution in [0.1, 0.15) is 36.0 Å². The van der Waals surface area contributed by atoms with E-state index in [0.717, 1.165) is 31.8 Å². The summed E-state index contributed by atoms with van der Waals surface area (Å²) in [6.45, 7) is 1.35. The molecular formula is C32H35NO3P+. The van der Waals surface area contributed by atoms with E-state index >= 15 is 0 Å². The van der Waals surface area contributed by atoms with Gasteiger partial charge in [-0.05, 0) is 67.8 Å². The lowest BCUT2D eigenvalue weighted by Gasteiger charge is -2.27. The van der Waals surface area contributed by atoms with Crippen molar-refractivity contribution in [2.75, 3.05) is 26.0 Å². The maximum atomic E-state index is 11.9. The number of hydrogen-bond acceptors (Lipinski definition) is 4. The molecule has 0 atom stereocenters. The topological polar surface area (TPSA) is 48.4 Å². The molecule has 4 nitrogen and oxygen atoms in total. The second-order valence-corrected chi connectivity index (χ2v) is 12.6. The zero-order chi connectivity index (χ0) is 25.6. The van der Waals surface area contributed by atoms with Crippen LogP contribution in [0.3, 0.4) is 0 Å². The third kappa shape index (κ3) is 7.35. The van der Waals surface area contributed by atoms with Crippen molar-refractivity contribution in [3.8, 4) is 0 Å². The Kier molecular flexibility index (Phi) is 10.4. The van der Waals surface area contributed by atoms with Gasteiger partial charge in [-0.2, -0.15) is 0 Å². The number of benzene rings is 3. The zero-order valence-corrected chi connectivity index (χ0v) is 22.1. The number of esters is 1. The highest BCUT2D eigenvalue weighted by Crippen LogP contribution is 2.55. The Labute approximate surface area is 221 Å². The Hall–Kier alpha value is -3.33. The van der Waals surface area contributed by atoms with Crippen LogP contribution in [0.5, 0.6) is 0 Å². The zero-order valence-electron chi connectivity index (χ0n) is 21.2. The van der Waals surface area contributed by atoms with Gasteiger partial charge >= 0.3 is 5.97 Å². The quantitative estimate of drug-likeness (QED) is 0.122. The predicted molar refractivity (Wildman–Crippen MR) is 154 cm³/mol. The third-order valence-corrected chi connectivity index (χ3v) is 11.0. The number of pyridine rings is 1. The Bertz CT molecular complexity index is 1090. The number of nitrogens with zero attached hydrogens (tertiary/aromatic N) is 1. The van der Waals surface area contributed by atoms with Gasteiger partial charge in [0.15, 0.2) is 0 Å². The number of hydrogen-bond donors (Lipinski definition) is 0. The lowest BCUT2D eigenvalue weighted by atomic mass is 10.2. The normalized spacial score (nSPS) is 11.2. The van der Waals surface area contributed by atoms with Gasteiger partial charge in [0, 0.05) is 19.0 Å². The van der Waals surface area contributed by atoms with Gasteiger partial charge in [0.1, 0.15) is 29.8 Å². The van der Waals surface area contributed by atoms with E-state index in [9.17, 15) is 4.79 Å². The van der Waals surface area contributed by atoms with E-state index in [-0.39, 0.29) is 12.6 Å². The summed E-state index contributed by atoms with van der Waals surface area (Å²) in [4.78, 5) is 15.9. The van der Waals surface area contributed by atoms with Crippen molar-refractivity contribution >= 4 is 29.1 Å². The molecule has 0 bridgehead atoms. The first kappa shape index (κ1) is 26.7. The molecule has 0 N–H and O–H groups in total. The van der Waals surface area contributed by atoms with Crippen molar-refractivity contribution in [1.29, 1.82) is 0 Å². The van der Waals surface area contributed by atoms with Crippen molar-refractivity contribution in [2.45, 2.75) is 25.7 Å². The highest BCUT2D eigenvalue weighted by atomic mass is 31.2. The number of carbonyl (C=O) groups is 1. The van der Waals surface area contributed by atoms with E-state index in [0.29, 0.717) is 18.8 Å². The molecule has 0 fully saturated rings. The van der Waals surface area contributed by atoms with Crippen LogP contribution in [-0.2, 0) is 9.47 Å². The molecule has 0 aliphatic heterocycles. The summed E-state index contributed by atoms with van der Waals surface area (Å²) in [5.41, 5.74) is 0.461. The van der Waals surface area contributed by atoms with Crippen LogP contribution in [0.25, 0.3) is 0 Å². The molecule has 0 aliphatic rings. The molecule has 3 aromatic carbocycles. The standard InChI is InChI=1S/C32H35NO3P/c34-32(28-15-14-22-33-27-28)36-25-24-35-23-12-1-2-13-26-37(29-16-6-3-7-17-29,30-18-8-4-9-19-30)31-20-10-5-11-21-31/h3-11,14-22,27H,1-2,12-13,23-26H2/q+1. The average molecular weight is 513 g/mol. The molecule has 0 amide bonds. The lowest BCUT2D eigenvalue weighted by Crippen LogP contribution is -2.33. The fraction of sp³-hybridized carbons (Fsp3) is 0.250. The molecule has 37 heavy (non-hydrogen) atoms. The summed E-state index contributed by atoms with van der Waals surface area (Å²) in [7, 11) is -1.74. The minimum absolute atomic E-state index is 0.256. The number of carbonyl (C=O) groups excluding carboxylic acids is 1. The Morgan fingerprint density at radius 2 is 1.19 bits per heavy atom. The molecule has 1 heterocycles. The first-order valence-corrected chi connectivity index (χ1v) is 15.0. The van der Waals surface area contributed by atoms with Crippen LogP contribution in [0.15, 0.2) is 116 Å². The van der Waals surface area contributed by atoms with E-state index in [2.05, 4.69) is 96.0 Å². The van der Waals surface area contributed by atoms with E-state index < -0.39 is 7.26 Å². The minimum Gasteiger partial charge on any atom is -0.460 e. The summed E-state index contributed by atoms with van der Waals surface area (Å²) >= 11 is 0. The molecule has 0 saturated heterocycles. The molecule has 0 radical (unpaired) electrons. The molecule has 1 aromatic heterocycles. The van der Waals surface area contributed by atoms with E-state index in [4.69, 9.17) is 9.47 Å². The summed E-state index contributed by atoms with van der Waals surface area (Å²) in [6.07, 6.45) is 8.73. The molecule has 0 aliphatic carbocycles. The second-order valence-electron chi connectivity index (χ2n) is 8.94. The van der Waals surface area contributed by atoms with Gasteiger partial charge in [0.2, 0.25) is 0 Å². The summed E-state index contributed by atoms with van der Waals surface area (Å²) in [5, 5.41) is 4.32. The Morgan fingerprint density at radius 3 is 1.73 bits per heavy atom. The molecule has 190 valence electrons. The SMILES string of the molecule is O=C(OCCOCCCCCC[P+](c1ccccc1)(c1ccccc1)c1ccccc1)c1cccnc1. The van der Waals surface area contributed by atoms with Gasteiger partial charge in [-0.15, -0.1) is 0 Å². The lowest BCUT2D eigenvalue weighted by molar-refractivity contribution is 0.0312. The van der Waals surface area contributed by atoms with Gasteiger partial charge in [-0.1, -0.05) is 61.0 Å². The smallest absolute Gasteiger partial charge is 0.339 e. The first-order valence-electron chi connectivity index (χ1n) is 13.0.